The maximum absolute atomic E-state index is 13.4. The van der Waals surface area contributed by atoms with Gasteiger partial charge in [0.2, 0.25) is 0 Å². The quantitative estimate of drug-likeness (QED) is 0.879. The molecule has 2 rings (SSSR count). The molecule has 0 fully saturated rings. The Bertz CT molecular complexity index is 488. The second-order valence-corrected chi connectivity index (χ2v) is 3.69. The van der Waals surface area contributed by atoms with Gasteiger partial charge in [0.1, 0.15) is 17.7 Å². The van der Waals surface area contributed by atoms with Gasteiger partial charge < -0.3 is 9.94 Å². The third-order valence-electron chi connectivity index (χ3n) is 2.38. The van der Waals surface area contributed by atoms with Gasteiger partial charge in [-0.25, -0.2) is 8.78 Å². The van der Waals surface area contributed by atoms with Gasteiger partial charge in [-0.2, -0.15) is 0 Å². The SMILES string of the molecule is O=C(O)C[C@@H]1CC(c2ccc(F)cc2F)=NO1. The summed E-state index contributed by atoms with van der Waals surface area (Å²) in [5.74, 6) is -2.41. The van der Waals surface area contributed by atoms with Crippen LogP contribution in [0.3, 0.4) is 0 Å². The Kier molecular flexibility index (Phi) is 3.03. The molecule has 0 spiro atoms. The predicted molar refractivity (Wildman–Crippen MR) is 54.6 cm³/mol. The number of halogens is 2. The molecule has 1 aliphatic heterocycles. The zero-order chi connectivity index (χ0) is 12.4. The van der Waals surface area contributed by atoms with Crippen molar-refractivity contribution < 1.29 is 23.5 Å². The van der Waals surface area contributed by atoms with Gasteiger partial charge in [-0.3, -0.25) is 4.79 Å². The summed E-state index contributed by atoms with van der Waals surface area (Å²) in [6.07, 6.45) is -0.586. The normalized spacial score (nSPS) is 18.7. The zero-order valence-corrected chi connectivity index (χ0v) is 8.69. The summed E-state index contributed by atoms with van der Waals surface area (Å²) in [5.41, 5.74) is 0.438. The minimum Gasteiger partial charge on any atom is -0.481 e. The van der Waals surface area contributed by atoms with Gasteiger partial charge >= 0.3 is 5.97 Å². The maximum atomic E-state index is 13.4. The van der Waals surface area contributed by atoms with Gasteiger partial charge in [0.15, 0.2) is 0 Å². The minimum absolute atomic E-state index is 0.138. The van der Waals surface area contributed by atoms with Gasteiger partial charge in [0.25, 0.3) is 0 Å². The van der Waals surface area contributed by atoms with Crippen LogP contribution in [-0.2, 0) is 9.63 Å². The van der Waals surface area contributed by atoms with Gasteiger partial charge in [0.05, 0.1) is 12.1 Å². The molecule has 0 aliphatic carbocycles. The number of carboxylic acid groups (broad SMARTS) is 1. The molecule has 0 bridgehead atoms. The number of rotatable bonds is 3. The van der Waals surface area contributed by atoms with E-state index in [4.69, 9.17) is 9.94 Å². The highest BCUT2D eigenvalue weighted by molar-refractivity contribution is 6.01. The van der Waals surface area contributed by atoms with Crippen LogP contribution in [0.5, 0.6) is 0 Å². The molecule has 0 unspecified atom stereocenters. The number of carboxylic acids is 1. The number of benzene rings is 1. The number of nitrogens with zero attached hydrogens (tertiary/aromatic N) is 1. The van der Waals surface area contributed by atoms with Gasteiger partial charge in [-0.15, -0.1) is 0 Å². The third kappa shape index (κ3) is 2.58. The fourth-order valence-electron chi connectivity index (χ4n) is 1.62. The van der Waals surface area contributed by atoms with Crippen LogP contribution < -0.4 is 0 Å². The maximum Gasteiger partial charge on any atom is 0.307 e. The summed E-state index contributed by atoms with van der Waals surface area (Å²) >= 11 is 0. The third-order valence-corrected chi connectivity index (χ3v) is 2.38. The highest BCUT2D eigenvalue weighted by Gasteiger charge is 2.26. The Morgan fingerprint density at radius 2 is 2.29 bits per heavy atom. The summed E-state index contributed by atoms with van der Waals surface area (Å²) < 4.78 is 26.1. The van der Waals surface area contributed by atoms with E-state index < -0.39 is 23.7 Å². The molecule has 6 heteroatoms. The molecule has 17 heavy (non-hydrogen) atoms. The van der Waals surface area contributed by atoms with Crippen LogP contribution in [0.1, 0.15) is 18.4 Å². The number of carbonyl (C=O) groups is 1. The Balaban J connectivity index is 2.12. The van der Waals surface area contributed by atoms with Crippen molar-refractivity contribution in [1.29, 1.82) is 0 Å². The van der Waals surface area contributed by atoms with Gasteiger partial charge in [0, 0.05) is 18.1 Å². The van der Waals surface area contributed by atoms with Crippen molar-refractivity contribution in [2.45, 2.75) is 18.9 Å². The summed E-state index contributed by atoms with van der Waals surface area (Å²) in [7, 11) is 0. The van der Waals surface area contributed by atoms with Crippen LogP contribution in [0.2, 0.25) is 0 Å². The van der Waals surface area contributed by atoms with E-state index in [0.29, 0.717) is 5.71 Å². The van der Waals surface area contributed by atoms with Crippen molar-refractivity contribution >= 4 is 11.7 Å². The molecule has 0 radical (unpaired) electrons. The summed E-state index contributed by atoms with van der Waals surface area (Å²) in [6.45, 7) is 0. The summed E-state index contributed by atoms with van der Waals surface area (Å²) in [6, 6.07) is 3.13. The topological polar surface area (TPSA) is 58.9 Å². The molecule has 90 valence electrons. The predicted octanol–water partition coefficient (Wildman–Crippen LogP) is 1.93. The van der Waals surface area contributed by atoms with Crippen molar-refractivity contribution in [1.82, 2.24) is 0 Å². The monoisotopic (exact) mass is 241 g/mol. The van der Waals surface area contributed by atoms with Crippen molar-refractivity contribution in [2.75, 3.05) is 0 Å². The molecule has 0 saturated carbocycles. The molecule has 1 atom stereocenters. The molecule has 0 saturated heterocycles. The van der Waals surface area contributed by atoms with E-state index in [1.807, 2.05) is 0 Å². The lowest BCUT2D eigenvalue weighted by molar-refractivity contribution is -0.139. The van der Waals surface area contributed by atoms with Crippen molar-refractivity contribution in [3.05, 3.63) is 35.4 Å². The van der Waals surface area contributed by atoms with E-state index >= 15 is 0 Å². The van der Waals surface area contributed by atoms with E-state index in [9.17, 15) is 13.6 Å². The summed E-state index contributed by atoms with van der Waals surface area (Å²) in [5, 5.41) is 12.2. The highest BCUT2D eigenvalue weighted by atomic mass is 19.1. The van der Waals surface area contributed by atoms with E-state index in [-0.39, 0.29) is 18.4 Å². The van der Waals surface area contributed by atoms with E-state index in [2.05, 4.69) is 5.16 Å². The summed E-state index contributed by atoms with van der Waals surface area (Å²) in [4.78, 5) is 15.3. The fraction of sp³-hybridized carbons (Fsp3) is 0.273. The highest BCUT2D eigenvalue weighted by Crippen LogP contribution is 2.21. The molecule has 1 aliphatic rings. The molecule has 1 aromatic carbocycles. The molecule has 1 aromatic rings. The van der Waals surface area contributed by atoms with Crippen LogP contribution >= 0.6 is 0 Å². The Morgan fingerprint density at radius 3 is 2.94 bits per heavy atom. The van der Waals surface area contributed by atoms with Crippen LogP contribution in [0, 0.1) is 11.6 Å². The smallest absolute Gasteiger partial charge is 0.307 e. The minimum atomic E-state index is -1.01. The molecule has 4 nitrogen and oxygen atoms in total. The molecule has 1 N–H and O–H groups in total. The van der Waals surface area contributed by atoms with Crippen molar-refractivity contribution in [2.24, 2.45) is 5.16 Å². The molecule has 0 aromatic heterocycles. The first kappa shape index (κ1) is 11.5. The first-order valence-electron chi connectivity index (χ1n) is 4.96. The average molecular weight is 241 g/mol. The Labute approximate surface area is 95.5 Å². The first-order valence-corrected chi connectivity index (χ1v) is 4.96. The van der Waals surface area contributed by atoms with Crippen LogP contribution in [-0.4, -0.2) is 22.9 Å². The standard InChI is InChI=1S/C11H9F2NO3/c12-6-1-2-8(9(13)3-6)10-4-7(17-14-10)5-11(15)16/h1-3,7H,4-5H2,(H,15,16)/t7-/m0/s1. The van der Waals surface area contributed by atoms with E-state index in [1.54, 1.807) is 0 Å². The number of hydrogen-bond donors (Lipinski definition) is 1. The van der Waals surface area contributed by atoms with Gasteiger partial charge in [-0.1, -0.05) is 5.16 Å². The van der Waals surface area contributed by atoms with E-state index in [0.717, 1.165) is 12.1 Å². The lowest BCUT2D eigenvalue weighted by Gasteiger charge is -2.03. The van der Waals surface area contributed by atoms with Crippen LogP contribution in [0.25, 0.3) is 0 Å². The van der Waals surface area contributed by atoms with Crippen LogP contribution in [0.4, 0.5) is 8.78 Å². The average Bonchev–Trinajstić information content (AvgIpc) is 2.65. The fourth-order valence-corrected chi connectivity index (χ4v) is 1.62. The molecule has 0 amide bonds. The Morgan fingerprint density at radius 1 is 1.53 bits per heavy atom. The lowest BCUT2D eigenvalue weighted by Crippen LogP contribution is -2.14. The van der Waals surface area contributed by atoms with E-state index in [1.165, 1.54) is 6.07 Å². The lowest BCUT2D eigenvalue weighted by atomic mass is 10.0. The second-order valence-electron chi connectivity index (χ2n) is 3.69. The number of aliphatic carboxylic acids is 1. The zero-order valence-electron chi connectivity index (χ0n) is 8.69. The second kappa shape index (κ2) is 4.48. The first-order chi connectivity index (χ1) is 8.06. The van der Waals surface area contributed by atoms with Crippen LogP contribution in [0.15, 0.2) is 23.4 Å². The number of hydrogen-bond acceptors (Lipinski definition) is 3. The van der Waals surface area contributed by atoms with Gasteiger partial charge in [-0.05, 0) is 12.1 Å². The molecular weight excluding hydrogens is 232 g/mol. The molecule has 1 heterocycles. The van der Waals surface area contributed by atoms with Crippen molar-refractivity contribution in [3.63, 3.8) is 0 Å². The molecular formula is C11H9F2NO3. The number of oxime groups is 1. The Hall–Kier alpha value is -1.98. The largest absolute Gasteiger partial charge is 0.481 e. The van der Waals surface area contributed by atoms with Crippen molar-refractivity contribution in [3.8, 4) is 0 Å².